The fourth-order valence-corrected chi connectivity index (χ4v) is 1.84. The maximum absolute atomic E-state index is 12.1. The second-order valence-corrected chi connectivity index (χ2v) is 5.52. The van der Waals surface area contributed by atoms with Gasteiger partial charge in [0.25, 0.3) is 11.8 Å². The first-order valence-corrected chi connectivity index (χ1v) is 7.39. The third-order valence-corrected chi connectivity index (χ3v) is 3.09. The van der Waals surface area contributed by atoms with E-state index in [1.54, 1.807) is 44.2 Å². The average molecular weight is 335 g/mol. The summed E-state index contributed by atoms with van der Waals surface area (Å²) < 4.78 is 5.10. The molecular weight excluding hydrogens is 314 g/mol. The second kappa shape index (κ2) is 8.66. The molecule has 0 heterocycles. The first-order chi connectivity index (χ1) is 11.2. The summed E-state index contributed by atoms with van der Waals surface area (Å²) in [7, 11) is 0. The Bertz CT molecular complexity index is 615. The fraction of sp³-hybridized carbons (Fsp3) is 0.375. The highest BCUT2D eigenvalue weighted by Crippen LogP contribution is 2.09. The molecule has 1 aromatic rings. The number of esters is 1. The molecule has 24 heavy (non-hydrogen) atoms. The Labute approximate surface area is 139 Å². The Morgan fingerprint density at radius 2 is 1.62 bits per heavy atom. The molecule has 1 rings (SSSR count). The number of imide groups is 1. The highest BCUT2D eigenvalue weighted by atomic mass is 16.5. The molecule has 0 bridgehead atoms. The van der Waals surface area contributed by atoms with E-state index < -0.39 is 36.0 Å². The Morgan fingerprint density at radius 1 is 1.04 bits per heavy atom. The van der Waals surface area contributed by atoms with Crippen molar-refractivity contribution in [3.05, 3.63) is 35.9 Å². The zero-order chi connectivity index (χ0) is 18.3. The van der Waals surface area contributed by atoms with Crippen LogP contribution in [-0.4, -0.2) is 36.0 Å². The maximum Gasteiger partial charge on any atom is 0.329 e. The van der Waals surface area contributed by atoms with E-state index in [9.17, 15) is 19.2 Å². The van der Waals surface area contributed by atoms with Crippen molar-refractivity contribution in [3.8, 4) is 0 Å². The van der Waals surface area contributed by atoms with Gasteiger partial charge in [0.05, 0.1) is 0 Å². The van der Waals surface area contributed by atoms with Gasteiger partial charge in [-0.15, -0.1) is 0 Å². The quantitative estimate of drug-likeness (QED) is 0.655. The summed E-state index contributed by atoms with van der Waals surface area (Å²) in [5, 5.41) is 4.35. The molecule has 0 aliphatic heterocycles. The zero-order valence-corrected chi connectivity index (χ0v) is 13.7. The molecule has 0 fully saturated rings. The number of amides is 4. The third kappa shape index (κ3) is 5.71. The molecule has 0 aromatic heterocycles. The van der Waals surface area contributed by atoms with Gasteiger partial charge in [-0.25, -0.2) is 9.59 Å². The molecule has 4 N–H and O–H groups in total. The van der Waals surface area contributed by atoms with Gasteiger partial charge in [-0.1, -0.05) is 32.0 Å². The topological polar surface area (TPSA) is 128 Å². The monoisotopic (exact) mass is 335 g/mol. The van der Waals surface area contributed by atoms with E-state index in [2.05, 4.69) is 5.32 Å². The lowest BCUT2D eigenvalue weighted by molar-refractivity contribution is -0.159. The highest BCUT2D eigenvalue weighted by Gasteiger charge is 2.29. The van der Waals surface area contributed by atoms with E-state index >= 15 is 0 Å². The Balaban J connectivity index is 2.68. The van der Waals surface area contributed by atoms with Crippen molar-refractivity contribution in [1.82, 2.24) is 10.6 Å². The van der Waals surface area contributed by atoms with Crippen LogP contribution < -0.4 is 16.4 Å². The lowest BCUT2D eigenvalue weighted by Crippen LogP contribution is -2.48. The fourth-order valence-electron chi connectivity index (χ4n) is 1.84. The molecule has 2 atom stereocenters. The van der Waals surface area contributed by atoms with E-state index in [1.807, 2.05) is 5.32 Å². The summed E-state index contributed by atoms with van der Waals surface area (Å²) in [5.41, 5.74) is 5.28. The van der Waals surface area contributed by atoms with Gasteiger partial charge in [-0.2, -0.15) is 0 Å². The molecular formula is C16H21N3O5. The normalized spacial score (nSPS) is 12.8. The van der Waals surface area contributed by atoms with Crippen LogP contribution >= 0.6 is 0 Å². The average Bonchev–Trinajstić information content (AvgIpc) is 2.51. The molecule has 8 heteroatoms. The molecule has 8 nitrogen and oxygen atoms in total. The van der Waals surface area contributed by atoms with E-state index in [0.29, 0.717) is 5.56 Å². The molecule has 0 radical (unpaired) electrons. The van der Waals surface area contributed by atoms with Crippen molar-refractivity contribution in [2.45, 2.75) is 32.9 Å². The van der Waals surface area contributed by atoms with Gasteiger partial charge in [-0.3, -0.25) is 14.9 Å². The number of carbonyl (C=O) groups is 4. The van der Waals surface area contributed by atoms with Crippen LogP contribution in [-0.2, 0) is 14.3 Å². The first-order valence-electron chi connectivity index (χ1n) is 7.39. The van der Waals surface area contributed by atoms with Gasteiger partial charge in [-0.05, 0) is 25.0 Å². The van der Waals surface area contributed by atoms with E-state index in [4.69, 9.17) is 10.5 Å². The summed E-state index contributed by atoms with van der Waals surface area (Å²) in [6, 6.07) is 6.35. The van der Waals surface area contributed by atoms with E-state index in [-0.39, 0.29) is 5.92 Å². The van der Waals surface area contributed by atoms with Crippen molar-refractivity contribution in [1.29, 1.82) is 0 Å². The summed E-state index contributed by atoms with van der Waals surface area (Å²) in [4.78, 5) is 46.7. The van der Waals surface area contributed by atoms with Crippen molar-refractivity contribution in [2.24, 2.45) is 11.7 Å². The Kier molecular flexibility index (Phi) is 6.91. The van der Waals surface area contributed by atoms with Crippen LogP contribution in [0.2, 0.25) is 0 Å². The Hall–Kier alpha value is -2.90. The summed E-state index contributed by atoms with van der Waals surface area (Å²) >= 11 is 0. The smallest absolute Gasteiger partial charge is 0.329 e. The van der Waals surface area contributed by atoms with E-state index in [0.717, 1.165) is 0 Å². The summed E-state index contributed by atoms with van der Waals surface area (Å²) in [6.45, 7) is 4.73. The number of hydrogen-bond acceptors (Lipinski definition) is 5. The predicted molar refractivity (Wildman–Crippen MR) is 85.8 cm³/mol. The molecule has 0 spiro atoms. The van der Waals surface area contributed by atoms with Crippen molar-refractivity contribution >= 4 is 23.8 Å². The minimum Gasteiger partial charge on any atom is -0.450 e. The molecule has 0 saturated carbocycles. The van der Waals surface area contributed by atoms with Crippen LogP contribution in [0.3, 0.4) is 0 Å². The number of nitrogens with two attached hydrogens (primary N) is 1. The molecule has 130 valence electrons. The van der Waals surface area contributed by atoms with Crippen LogP contribution in [0, 0.1) is 5.92 Å². The highest BCUT2D eigenvalue weighted by molar-refractivity contribution is 5.98. The number of carbonyl (C=O) groups excluding carboxylic acids is 4. The Morgan fingerprint density at radius 3 is 2.12 bits per heavy atom. The van der Waals surface area contributed by atoms with Crippen LogP contribution in [0.4, 0.5) is 4.79 Å². The van der Waals surface area contributed by atoms with Crippen molar-refractivity contribution < 1.29 is 23.9 Å². The lowest BCUT2D eigenvalue weighted by atomic mass is 10.1. The van der Waals surface area contributed by atoms with Gasteiger partial charge < -0.3 is 15.8 Å². The summed E-state index contributed by atoms with van der Waals surface area (Å²) in [6.07, 6.45) is -1.19. The number of benzene rings is 1. The number of primary amides is 1. The van der Waals surface area contributed by atoms with Gasteiger partial charge in [0, 0.05) is 5.56 Å². The molecule has 0 aliphatic rings. The number of rotatable bonds is 6. The maximum atomic E-state index is 12.1. The third-order valence-electron chi connectivity index (χ3n) is 3.09. The van der Waals surface area contributed by atoms with Gasteiger partial charge in [0.15, 0.2) is 6.10 Å². The van der Waals surface area contributed by atoms with Gasteiger partial charge in [0.1, 0.15) is 6.04 Å². The van der Waals surface area contributed by atoms with Crippen molar-refractivity contribution in [3.63, 3.8) is 0 Å². The van der Waals surface area contributed by atoms with Crippen LogP contribution in [0.15, 0.2) is 30.3 Å². The van der Waals surface area contributed by atoms with Gasteiger partial charge >= 0.3 is 12.0 Å². The van der Waals surface area contributed by atoms with Crippen LogP contribution in [0.5, 0.6) is 0 Å². The molecule has 1 aromatic carbocycles. The standard InChI is InChI=1S/C16H21N3O5/c1-9(2)12(14(21)19-16(17)23)24-15(22)10(3)18-13(20)11-7-5-4-6-8-11/h4-10,12H,1-3H3,(H,18,20)(H3,17,19,21,23)/t10-,12-/m0/s1. The molecule has 0 unspecified atom stereocenters. The number of ether oxygens (including phenoxy) is 1. The SMILES string of the molecule is CC(C)[C@H](OC(=O)[C@H](C)NC(=O)c1ccccc1)C(=O)NC(N)=O. The van der Waals surface area contributed by atoms with Crippen molar-refractivity contribution in [2.75, 3.05) is 0 Å². The van der Waals surface area contributed by atoms with Gasteiger partial charge in [0.2, 0.25) is 0 Å². The second-order valence-electron chi connectivity index (χ2n) is 5.52. The summed E-state index contributed by atoms with van der Waals surface area (Å²) in [5.74, 6) is -2.43. The predicted octanol–water partition coefficient (Wildman–Crippen LogP) is 0.568. The zero-order valence-electron chi connectivity index (χ0n) is 13.7. The number of nitrogens with one attached hydrogen (secondary N) is 2. The van der Waals surface area contributed by atoms with E-state index in [1.165, 1.54) is 6.92 Å². The number of hydrogen-bond donors (Lipinski definition) is 3. The number of urea groups is 1. The largest absolute Gasteiger partial charge is 0.450 e. The lowest BCUT2D eigenvalue weighted by Gasteiger charge is -2.22. The van der Waals surface area contributed by atoms with Crippen LogP contribution in [0.1, 0.15) is 31.1 Å². The molecule has 4 amide bonds. The minimum atomic E-state index is -1.19. The minimum absolute atomic E-state index is 0.384. The first kappa shape index (κ1) is 19.1. The molecule has 0 aliphatic carbocycles. The van der Waals surface area contributed by atoms with Crippen LogP contribution in [0.25, 0.3) is 0 Å². The molecule has 0 saturated heterocycles.